The first kappa shape index (κ1) is 38.3. The van der Waals surface area contributed by atoms with Crippen molar-refractivity contribution in [3.05, 3.63) is 223 Å². The number of nitriles is 1. The van der Waals surface area contributed by atoms with Gasteiger partial charge in [0, 0.05) is 43.8 Å². The smallest absolute Gasteiger partial charge is 0.187 e. The molecule has 0 saturated heterocycles. The van der Waals surface area contributed by atoms with Gasteiger partial charge in [0.25, 0.3) is 0 Å². The number of rotatable bonds is 7. The summed E-state index contributed by atoms with van der Waals surface area (Å²) in [4.78, 5) is 19.3. The molecule has 0 aliphatic rings. The molecule has 12 aromatic rings. The molecule has 7 heteroatoms. The van der Waals surface area contributed by atoms with Crippen molar-refractivity contribution in [1.82, 2.24) is 19.5 Å². The monoisotopic (exact) mass is 842 g/mol. The Morgan fingerprint density at radius 3 is 1.61 bits per heavy atom. The number of furan rings is 1. The third-order valence-electron chi connectivity index (χ3n) is 12.3. The third kappa shape index (κ3) is 6.55. The van der Waals surface area contributed by atoms with Crippen molar-refractivity contribution in [2.45, 2.75) is 0 Å². The number of aromatic nitrogens is 4. The lowest BCUT2D eigenvalue weighted by Gasteiger charge is -2.17. The van der Waals surface area contributed by atoms with Crippen LogP contribution in [-0.4, -0.2) is 19.5 Å². The van der Waals surface area contributed by atoms with Crippen LogP contribution in [0.1, 0.15) is 5.56 Å². The molecule has 0 fully saturated rings. The molecule has 0 saturated carbocycles. The van der Waals surface area contributed by atoms with Gasteiger partial charge in [0.2, 0.25) is 0 Å². The van der Waals surface area contributed by atoms with Crippen LogP contribution in [0, 0.1) is 17.9 Å². The van der Waals surface area contributed by atoms with Crippen LogP contribution in [0.4, 0.5) is 5.69 Å². The van der Waals surface area contributed by atoms with Gasteiger partial charge < -0.3 is 8.98 Å². The molecule has 0 N–H and O–H groups in total. The molecule has 0 bridgehead atoms. The van der Waals surface area contributed by atoms with E-state index in [0.29, 0.717) is 28.7 Å². The molecule has 0 aliphatic carbocycles. The Morgan fingerprint density at radius 2 is 0.985 bits per heavy atom. The Labute approximate surface area is 379 Å². The number of hydrogen-bond acceptors (Lipinski definition) is 5. The van der Waals surface area contributed by atoms with E-state index in [0.717, 1.165) is 99.5 Å². The van der Waals surface area contributed by atoms with Gasteiger partial charge in [0.15, 0.2) is 23.2 Å². The minimum atomic E-state index is 0.514. The quantitative estimate of drug-likeness (QED) is 0.149. The summed E-state index contributed by atoms with van der Waals surface area (Å²) in [5.74, 6) is 1.64. The maximum atomic E-state index is 9.59. The third-order valence-corrected chi connectivity index (χ3v) is 12.3. The van der Waals surface area contributed by atoms with Crippen LogP contribution in [0.2, 0.25) is 0 Å². The van der Waals surface area contributed by atoms with Crippen LogP contribution in [0.15, 0.2) is 211 Å². The second-order valence-electron chi connectivity index (χ2n) is 16.2. The van der Waals surface area contributed by atoms with Gasteiger partial charge in [0.05, 0.1) is 34.9 Å². The molecule has 0 radical (unpaired) electrons. The fraction of sp³-hybridized carbons (Fsp3) is 0. The van der Waals surface area contributed by atoms with E-state index in [1.165, 1.54) is 0 Å². The molecule has 9 aromatic carbocycles. The van der Waals surface area contributed by atoms with Crippen molar-refractivity contribution in [3.63, 3.8) is 0 Å². The largest absolute Gasteiger partial charge is 0.455 e. The summed E-state index contributed by atoms with van der Waals surface area (Å²) in [6, 6.07) is 71.9. The topological polar surface area (TPSA) is 84.9 Å². The van der Waals surface area contributed by atoms with E-state index >= 15 is 0 Å². The van der Waals surface area contributed by atoms with E-state index in [-0.39, 0.29) is 0 Å². The van der Waals surface area contributed by atoms with Crippen molar-refractivity contribution < 1.29 is 4.42 Å². The Kier molecular flexibility index (Phi) is 9.12. The Hall–Kier alpha value is -9.43. The molecular formula is C59H34N6O. The Balaban J connectivity index is 1.18. The van der Waals surface area contributed by atoms with E-state index in [1.54, 1.807) is 0 Å². The SMILES string of the molecule is [C-]#[N+]c1ccc(-c2ccc3c4ccc(-c5ccc(C#N)cc5)cc4n(-c4ccc(-c5cccc6c5oc5ccccc56)cc4-c4nc(-c5ccccc5)nc(-c5ccccc5)n4)c3c2)cc1. The highest BCUT2D eigenvalue weighted by Gasteiger charge is 2.23. The van der Waals surface area contributed by atoms with Crippen LogP contribution in [-0.2, 0) is 0 Å². The maximum absolute atomic E-state index is 9.59. The number of hydrogen-bond donors (Lipinski definition) is 0. The van der Waals surface area contributed by atoms with Crippen molar-refractivity contribution >= 4 is 49.4 Å². The minimum Gasteiger partial charge on any atom is -0.455 e. The summed E-state index contributed by atoms with van der Waals surface area (Å²) in [6.07, 6.45) is 0. The van der Waals surface area contributed by atoms with Gasteiger partial charge in [0.1, 0.15) is 11.2 Å². The summed E-state index contributed by atoms with van der Waals surface area (Å²) in [6.45, 7) is 7.55. The Morgan fingerprint density at radius 1 is 0.439 bits per heavy atom. The standard InChI is InChI=1S/C59H34N6O/c1-61-45-28-23-39(24-29-45)43-26-31-48-47-30-25-42(38-21-19-37(36-60)20-22-38)34-53(47)65(54(48)35-43)52-32-27-44(46-16-10-17-50-49-15-8-9-18-55(49)66-56(46)50)33-51(52)59-63-57(40-11-4-2-5-12-40)62-58(64-59)41-13-6-3-7-14-41/h2-35H. The second kappa shape index (κ2) is 15.7. The maximum Gasteiger partial charge on any atom is 0.187 e. The first-order valence-electron chi connectivity index (χ1n) is 21.6. The van der Waals surface area contributed by atoms with Crippen LogP contribution < -0.4 is 0 Å². The van der Waals surface area contributed by atoms with Gasteiger partial charge in [-0.1, -0.05) is 164 Å². The van der Waals surface area contributed by atoms with Crippen molar-refractivity contribution in [3.8, 4) is 79.3 Å². The summed E-state index contributed by atoms with van der Waals surface area (Å²) in [7, 11) is 0. The second-order valence-corrected chi connectivity index (χ2v) is 16.2. The van der Waals surface area contributed by atoms with Gasteiger partial charge in [-0.25, -0.2) is 19.8 Å². The van der Waals surface area contributed by atoms with Gasteiger partial charge >= 0.3 is 0 Å². The zero-order valence-electron chi connectivity index (χ0n) is 35.2. The molecule has 0 aliphatic heterocycles. The average molecular weight is 843 g/mol. The zero-order valence-corrected chi connectivity index (χ0v) is 35.2. The average Bonchev–Trinajstić information content (AvgIpc) is 3.94. The first-order chi connectivity index (χ1) is 32.6. The van der Waals surface area contributed by atoms with E-state index in [2.05, 4.69) is 94.3 Å². The molecule has 306 valence electrons. The molecule has 0 spiro atoms. The zero-order chi connectivity index (χ0) is 44.1. The predicted molar refractivity (Wildman–Crippen MR) is 265 cm³/mol. The summed E-state index contributed by atoms with van der Waals surface area (Å²) in [5.41, 5.74) is 14.2. The highest BCUT2D eigenvalue weighted by molar-refractivity contribution is 6.12. The summed E-state index contributed by atoms with van der Waals surface area (Å²) in [5, 5.41) is 13.8. The number of fused-ring (bicyclic) bond motifs is 6. The number of para-hydroxylation sites is 2. The lowest BCUT2D eigenvalue weighted by molar-refractivity contribution is 0.670. The molecular weight excluding hydrogens is 809 g/mol. The van der Waals surface area contributed by atoms with Crippen LogP contribution in [0.3, 0.4) is 0 Å². The van der Waals surface area contributed by atoms with Crippen LogP contribution in [0.25, 0.3) is 122 Å². The van der Waals surface area contributed by atoms with E-state index < -0.39 is 0 Å². The fourth-order valence-corrected chi connectivity index (χ4v) is 9.08. The molecule has 3 aromatic heterocycles. The number of nitrogens with zero attached hydrogens (tertiary/aromatic N) is 6. The fourth-order valence-electron chi connectivity index (χ4n) is 9.08. The highest BCUT2D eigenvalue weighted by Crippen LogP contribution is 2.43. The molecule has 3 heterocycles. The normalized spacial score (nSPS) is 11.3. The predicted octanol–water partition coefficient (Wildman–Crippen LogP) is 15.3. The van der Waals surface area contributed by atoms with Crippen LogP contribution >= 0.6 is 0 Å². The van der Waals surface area contributed by atoms with E-state index in [9.17, 15) is 5.26 Å². The van der Waals surface area contributed by atoms with Gasteiger partial charge in [-0.2, -0.15) is 5.26 Å². The lowest BCUT2D eigenvalue weighted by Crippen LogP contribution is -2.04. The summed E-state index contributed by atoms with van der Waals surface area (Å²) >= 11 is 0. The van der Waals surface area contributed by atoms with Crippen molar-refractivity contribution in [1.29, 1.82) is 5.26 Å². The lowest BCUT2D eigenvalue weighted by atomic mass is 9.98. The molecule has 0 amide bonds. The molecule has 12 rings (SSSR count). The van der Waals surface area contributed by atoms with Crippen LogP contribution in [0.5, 0.6) is 0 Å². The van der Waals surface area contributed by atoms with Gasteiger partial charge in [-0.3, -0.25) is 0 Å². The van der Waals surface area contributed by atoms with Crippen molar-refractivity contribution in [2.24, 2.45) is 0 Å². The number of benzene rings is 9. The first-order valence-corrected chi connectivity index (χ1v) is 21.6. The molecule has 0 unspecified atom stereocenters. The molecule has 66 heavy (non-hydrogen) atoms. The van der Waals surface area contributed by atoms with E-state index in [4.69, 9.17) is 25.9 Å². The summed E-state index contributed by atoms with van der Waals surface area (Å²) < 4.78 is 8.94. The minimum absolute atomic E-state index is 0.514. The van der Waals surface area contributed by atoms with Gasteiger partial charge in [-0.15, -0.1) is 0 Å². The molecule has 7 nitrogen and oxygen atoms in total. The van der Waals surface area contributed by atoms with Gasteiger partial charge in [-0.05, 0) is 70.3 Å². The Bertz CT molecular complexity index is 3760. The van der Waals surface area contributed by atoms with E-state index in [1.807, 2.05) is 127 Å². The van der Waals surface area contributed by atoms with Crippen molar-refractivity contribution in [2.75, 3.05) is 0 Å². The highest BCUT2D eigenvalue weighted by atomic mass is 16.3. The molecule has 0 atom stereocenters.